The second kappa shape index (κ2) is 4.37. The summed E-state index contributed by atoms with van der Waals surface area (Å²) in [5.41, 5.74) is 2.33. The van der Waals surface area contributed by atoms with Gasteiger partial charge in [0.15, 0.2) is 0 Å². The fourth-order valence-electron chi connectivity index (χ4n) is 2.48. The van der Waals surface area contributed by atoms with Crippen molar-refractivity contribution >= 4 is 5.82 Å². The topological polar surface area (TPSA) is 39.1 Å². The first kappa shape index (κ1) is 11.1. The van der Waals surface area contributed by atoms with Crippen molar-refractivity contribution in [3.05, 3.63) is 41.6 Å². The van der Waals surface area contributed by atoms with Gasteiger partial charge in [0.2, 0.25) is 0 Å². The van der Waals surface area contributed by atoms with E-state index in [0.29, 0.717) is 6.04 Å². The van der Waals surface area contributed by atoms with Crippen LogP contribution in [0.15, 0.2) is 30.3 Å². The third kappa shape index (κ3) is 1.83. The van der Waals surface area contributed by atoms with Gasteiger partial charge in [-0.1, -0.05) is 12.1 Å². The summed E-state index contributed by atoms with van der Waals surface area (Å²) in [7, 11) is 1.69. The van der Waals surface area contributed by atoms with Gasteiger partial charge in [-0.15, -0.1) is 0 Å². The van der Waals surface area contributed by atoms with E-state index in [1.54, 1.807) is 7.11 Å². The molecule has 0 saturated heterocycles. The molecule has 1 N–H and O–H groups in total. The second-order valence-corrected chi connectivity index (χ2v) is 4.62. The van der Waals surface area contributed by atoms with Gasteiger partial charge in [-0.2, -0.15) is 5.10 Å². The minimum absolute atomic E-state index is 0.320. The van der Waals surface area contributed by atoms with Gasteiger partial charge in [0, 0.05) is 12.6 Å². The quantitative estimate of drug-likeness (QED) is 0.881. The Hall–Kier alpha value is -1.97. The lowest BCUT2D eigenvalue weighted by Crippen LogP contribution is -2.24. The van der Waals surface area contributed by atoms with Crippen molar-refractivity contribution in [2.75, 3.05) is 19.0 Å². The zero-order valence-electron chi connectivity index (χ0n) is 10.7. The lowest BCUT2D eigenvalue weighted by atomic mass is 10.0. The van der Waals surface area contributed by atoms with Gasteiger partial charge in [-0.3, -0.25) is 0 Å². The summed E-state index contributed by atoms with van der Waals surface area (Å²) in [6.45, 7) is 3.01. The summed E-state index contributed by atoms with van der Waals surface area (Å²) in [6, 6.07) is 10.7. The number of rotatable bonds is 2. The molecule has 0 saturated carbocycles. The molecule has 0 amide bonds. The smallest absolute Gasteiger partial charge is 0.125 e. The lowest BCUT2D eigenvalue weighted by molar-refractivity contribution is 0.413. The van der Waals surface area contributed by atoms with Crippen LogP contribution in [0.4, 0.5) is 5.82 Å². The molecule has 3 rings (SSSR count). The molecule has 0 radical (unpaired) electrons. The summed E-state index contributed by atoms with van der Waals surface area (Å²) in [5, 5.41) is 7.96. The van der Waals surface area contributed by atoms with Gasteiger partial charge in [0.05, 0.1) is 18.8 Å². The maximum atomic E-state index is 5.20. The third-order valence-electron chi connectivity index (χ3n) is 3.38. The Bertz CT molecular complexity index is 545. The number of aromatic nitrogens is 2. The molecule has 1 aromatic heterocycles. The van der Waals surface area contributed by atoms with Crippen molar-refractivity contribution in [2.45, 2.75) is 19.4 Å². The van der Waals surface area contributed by atoms with E-state index in [1.165, 1.54) is 5.56 Å². The van der Waals surface area contributed by atoms with E-state index in [0.717, 1.165) is 30.2 Å². The molecule has 94 valence electrons. The number of aryl methyl sites for hydroxylation is 1. The Balaban J connectivity index is 1.97. The molecule has 0 aliphatic carbocycles. The first-order chi connectivity index (χ1) is 8.78. The predicted octanol–water partition coefficient (Wildman–Crippen LogP) is 2.61. The third-order valence-corrected chi connectivity index (χ3v) is 3.38. The van der Waals surface area contributed by atoms with E-state index in [1.807, 2.05) is 19.1 Å². The first-order valence-electron chi connectivity index (χ1n) is 6.22. The molecule has 1 aliphatic rings. The Kier molecular flexibility index (Phi) is 2.70. The van der Waals surface area contributed by atoms with Crippen LogP contribution in [0.3, 0.4) is 0 Å². The molecule has 0 spiro atoms. The Labute approximate surface area is 107 Å². The molecule has 4 nitrogen and oxygen atoms in total. The van der Waals surface area contributed by atoms with Crippen LogP contribution in [0.5, 0.6) is 5.75 Å². The zero-order valence-corrected chi connectivity index (χ0v) is 10.7. The monoisotopic (exact) mass is 243 g/mol. The van der Waals surface area contributed by atoms with Gasteiger partial charge in [-0.05, 0) is 31.0 Å². The molecule has 4 heteroatoms. The lowest BCUT2D eigenvalue weighted by Gasteiger charge is -2.26. The zero-order chi connectivity index (χ0) is 12.5. The van der Waals surface area contributed by atoms with Crippen LogP contribution in [0.2, 0.25) is 0 Å². The molecule has 2 aromatic rings. The van der Waals surface area contributed by atoms with Crippen LogP contribution in [0, 0.1) is 6.92 Å². The average molecular weight is 243 g/mol. The maximum absolute atomic E-state index is 5.20. The standard InChI is InChI=1S/C14H17N3O/c1-10-9-14-15-8-7-13(17(14)16-10)11-3-5-12(18-2)6-4-11/h3-6,9,13,15H,7-8H2,1-2H3. The number of ether oxygens (including phenoxy) is 1. The van der Waals surface area contributed by atoms with Crippen molar-refractivity contribution in [3.8, 4) is 5.75 Å². The number of hydrogen-bond donors (Lipinski definition) is 1. The Morgan fingerprint density at radius 2 is 2.11 bits per heavy atom. The van der Waals surface area contributed by atoms with Gasteiger partial charge in [-0.25, -0.2) is 4.68 Å². The van der Waals surface area contributed by atoms with Crippen LogP contribution in [-0.2, 0) is 0 Å². The Morgan fingerprint density at radius 1 is 1.33 bits per heavy atom. The summed E-state index contributed by atoms with van der Waals surface area (Å²) < 4.78 is 7.28. The van der Waals surface area contributed by atoms with Crippen molar-refractivity contribution in [3.63, 3.8) is 0 Å². The van der Waals surface area contributed by atoms with Gasteiger partial charge in [0.25, 0.3) is 0 Å². The van der Waals surface area contributed by atoms with E-state index >= 15 is 0 Å². The van der Waals surface area contributed by atoms with E-state index in [4.69, 9.17) is 4.74 Å². The SMILES string of the molecule is COc1ccc(C2CCNc3cc(C)nn32)cc1. The van der Waals surface area contributed by atoms with E-state index in [2.05, 4.69) is 33.3 Å². The molecule has 18 heavy (non-hydrogen) atoms. The van der Waals surface area contributed by atoms with Crippen molar-refractivity contribution in [1.82, 2.24) is 9.78 Å². The summed E-state index contributed by atoms with van der Waals surface area (Å²) in [6.07, 6.45) is 1.06. The minimum Gasteiger partial charge on any atom is -0.497 e. The predicted molar refractivity (Wildman–Crippen MR) is 71.2 cm³/mol. The molecule has 1 aliphatic heterocycles. The highest BCUT2D eigenvalue weighted by molar-refractivity contribution is 5.41. The number of methoxy groups -OCH3 is 1. The summed E-state index contributed by atoms with van der Waals surface area (Å²) in [4.78, 5) is 0. The number of benzene rings is 1. The molecule has 2 heterocycles. The fraction of sp³-hybridized carbons (Fsp3) is 0.357. The highest BCUT2D eigenvalue weighted by atomic mass is 16.5. The molecule has 1 unspecified atom stereocenters. The van der Waals surface area contributed by atoms with Crippen LogP contribution in [-0.4, -0.2) is 23.4 Å². The largest absolute Gasteiger partial charge is 0.497 e. The van der Waals surface area contributed by atoms with Crippen molar-refractivity contribution in [2.24, 2.45) is 0 Å². The highest BCUT2D eigenvalue weighted by Gasteiger charge is 2.22. The second-order valence-electron chi connectivity index (χ2n) is 4.62. The van der Waals surface area contributed by atoms with E-state index < -0.39 is 0 Å². The Morgan fingerprint density at radius 3 is 2.83 bits per heavy atom. The molecule has 1 atom stereocenters. The molecular weight excluding hydrogens is 226 g/mol. The highest BCUT2D eigenvalue weighted by Crippen LogP contribution is 2.30. The molecule has 1 aromatic carbocycles. The minimum atomic E-state index is 0.320. The number of nitrogens with one attached hydrogen (secondary N) is 1. The van der Waals surface area contributed by atoms with Crippen LogP contribution in [0.25, 0.3) is 0 Å². The molecule has 0 fully saturated rings. The van der Waals surface area contributed by atoms with E-state index in [-0.39, 0.29) is 0 Å². The number of anilines is 1. The van der Waals surface area contributed by atoms with Gasteiger partial charge in [0.1, 0.15) is 11.6 Å². The molecular formula is C14H17N3O. The van der Waals surface area contributed by atoms with Crippen molar-refractivity contribution < 1.29 is 4.74 Å². The van der Waals surface area contributed by atoms with Crippen LogP contribution < -0.4 is 10.1 Å². The molecule has 0 bridgehead atoms. The fourth-order valence-corrected chi connectivity index (χ4v) is 2.48. The number of nitrogens with zero attached hydrogens (tertiary/aromatic N) is 2. The first-order valence-corrected chi connectivity index (χ1v) is 6.22. The maximum Gasteiger partial charge on any atom is 0.125 e. The summed E-state index contributed by atoms with van der Waals surface area (Å²) >= 11 is 0. The van der Waals surface area contributed by atoms with Crippen molar-refractivity contribution in [1.29, 1.82) is 0 Å². The number of hydrogen-bond acceptors (Lipinski definition) is 3. The van der Waals surface area contributed by atoms with Gasteiger partial charge >= 0.3 is 0 Å². The van der Waals surface area contributed by atoms with Gasteiger partial charge < -0.3 is 10.1 Å². The van der Waals surface area contributed by atoms with E-state index in [9.17, 15) is 0 Å². The summed E-state index contributed by atoms with van der Waals surface area (Å²) in [5.74, 6) is 2.00. The number of fused-ring (bicyclic) bond motifs is 1. The van der Waals surface area contributed by atoms with Crippen LogP contribution >= 0.6 is 0 Å². The average Bonchev–Trinajstić information content (AvgIpc) is 2.79. The normalized spacial score (nSPS) is 18.0. The van der Waals surface area contributed by atoms with Crippen LogP contribution in [0.1, 0.15) is 23.7 Å².